The molecule has 0 radical (unpaired) electrons. The molecule has 0 N–H and O–H groups in total. The Morgan fingerprint density at radius 2 is 1.77 bits per heavy atom. The minimum absolute atomic E-state index is 0.257. The van der Waals surface area contributed by atoms with Crippen LogP contribution in [-0.2, 0) is 11.2 Å². The molecule has 0 aliphatic rings. The predicted molar refractivity (Wildman–Crippen MR) is 92.9 cm³/mol. The van der Waals surface area contributed by atoms with E-state index in [1.54, 1.807) is 0 Å². The van der Waals surface area contributed by atoms with Gasteiger partial charge in [-0.05, 0) is 67.5 Å². The highest BCUT2D eigenvalue weighted by molar-refractivity contribution is 7.99. The van der Waals surface area contributed by atoms with E-state index in [9.17, 15) is 4.79 Å². The van der Waals surface area contributed by atoms with Crippen molar-refractivity contribution in [2.75, 3.05) is 12.4 Å². The molecule has 0 fully saturated rings. The number of esters is 1. The lowest BCUT2D eigenvalue weighted by atomic mass is 10.1. The minimum Gasteiger partial charge on any atom is -0.462 e. The van der Waals surface area contributed by atoms with E-state index in [1.165, 1.54) is 10.5 Å². The zero-order valence-electron chi connectivity index (χ0n) is 12.5. The fraction of sp³-hybridized carbons (Fsp3) is 0.278. The van der Waals surface area contributed by atoms with Gasteiger partial charge in [0.1, 0.15) is 0 Å². The quantitative estimate of drug-likeness (QED) is 0.393. The molecule has 2 aromatic carbocycles. The van der Waals surface area contributed by atoms with Gasteiger partial charge in [-0.3, -0.25) is 0 Å². The normalized spacial score (nSPS) is 10.5. The Morgan fingerprint density at radius 1 is 1.09 bits per heavy atom. The van der Waals surface area contributed by atoms with Gasteiger partial charge in [-0.1, -0.05) is 23.7 Å². The molecule has 116 valence electrons. The van der Waals surface area contributed by atoms with Crippen molar-refractivity contribution in [3.63, 3.8) is 0 Å². The van der Waals surface area contributed by atoms with E-state index in [-0.39, 0.29) is 5.97 Å². The number of halogens is 1. The van der Waals surface area contributed by atoms with Crippen LogP contribution >= 0.6 is 23.4 Å². The van der Waals surface area contributed by atoms with Crippen LogP contribution in [0.5, 0.6) is 0 Å². The lowest BCUT2D eigenvalue weighted by Gasteiger charge is -2.05. The summed E-state index contributed by atoms with van der Waals surface area (Å²) in [6.07, 6.45) is 2.09. The maximum atomic E-state index is 11.6. The van der Waals surface area contributed by atoms with Crippen LogP contribution in [0.15, 0.2) is 53.4 Å². The zero-order valence-corrected chi connectivity index (χ0v) is 14.1. The monoisotopic (exact) mass is 334 g/mol. The predicted octanol–water partition coefficient (Wildman–Crippen LogP) is 5.24. The van der Waals surface area contributed by atoms with Gasteiger partial charge in [0.2, 0.25) is 0 Å². The first-order valence-corrected chi connectivity index (χ1v) is 8.70. The van der Waals surface area contributed by atoms with Gasteiger partial charge in [0.25, 0.3) is 0 Å². The summed E-state index contributed by atoms with van der Waals surface area (Å²) in [5.74, 6) is 0.800. The first-order chi connectivity index (χ1) is 10.7. The third-order valence-corrected chi connectivity index (χ3v) is 4.51. The molecule has 2 aromatic rings. The van der Waals surface area contributed by atoms with Gasteiger partial charge in [-0.25, -0.2) is 4.79 Å². The van der Waals surface area contributed by atoms with Crippen molar-refractivity contribution in [1.29, 1.82) is 0 Å². The molecule has 0 heterocycles. The van der Waals surface area contributed by atoms with Gasteiger partial charge in [-0.15, -0.1) is 11.8 Å². The zero-order chi connectivity index (χ0) is 15.8. The fourth-order valence-electron chi connectivity index (χ4n) is 2.02. The standard InChI is InChI=1S/C18H19ClO2S/c1-2-21-18(20)15-7-5-14(6-8-15)4-3-13-22-17-11-9-16(19)10-12-17/h5-12H,2-4,13H2,1H3. The highest BCUT2D eigenvalue weighted by Gasteiger charge is 2.05. The third kappa shape index (κ3) is 5.39. The molecule has 0 unspecified atom stereocenters. The van der Waals surface area contributed by atoms with Crippen LogP contribution in [0.4, 0.5) is 0 Å². The number of benzene rings is 2. The van der Waals surface area contributed by atoms with Crippen molar-refractivity contribution in [1.82, 2.24) is 0 Å². The maximum Gasteiger partial charge on any atom is 0.338 e. The lowest BCUT2D eigenvalue weighted by Crippen LogP contribution is -2.04. The number of carbonyl (C=O) groups is 1. The van der Waals surface area contributed by atoms with Crippen LogP contribution in [0.1, 0.15) is 29.3 Å². The fourth-order valence-corrected chi connectivity index (χ4v) is 3.00. The van der Waals surface area contributed by atoms with E-state index in [1.807, 2.05) is 67.2 Å². The van der Waals surface area contributed by atoms with E-state index in [0.717, 1.165) is 23.6 Å². The summed E-state index contributed by atoms with van der Waals surface area (Å²) >= 11 is 7.70. The molecule has 0 saturated carbocycles. The second-order valence-corrected chi connectivity index (χ2v) is 6.43. The Bertz CT molecular complexity index is 593. The maximum absolute atomic E-state index is 11.6. The largest absolute Gasteiger partial charge is 0.462 e. The molecule has 4 heteroatoms. The van der Waals surface area contributed by atoms with Crippen LogP contribution in [0.2, 0.25) is 5.02 Å². The van der Waals surface area contributed by atoms with E-state index < -0.39 is 0 Å². The summed E-state index contributed by atoms with van der Waals surface area (Å²) in [7, 11) is 0. The molecule has 22 heavy (non-hydrogen) atoms. The molecule has 0 aliphatic heterocycles. The van der Waals surface area contributed by atoms with Crippen LogP contribution in [0, 0.1) is 0 Å². The van der Waals surface area contributed by atoms with Gasteiger partial charge >= 0.3 is 5.97 Å². The molecule has 2 nitrogen and oxygen atoms in total. The van der Waals surface area contributed by atoms with Crippen LogP contribution < -0.4 is 0 Å². The van der Waals surface area contributed by atoms with Gasteiger partial charge in [0.05, 0.1) is 12.2 Å². The number of rotatable bonds is 7. The molecule has 0 bridgehead atoms. The first kappa shape index (κ1) is 16.9. The average molecular weight is 335 g/mol. The Morgan fingerprint density at radius 3 is 2.41 bits per heavy atom. The van der Waals surface area contributed by atoms with Crippen molar-refractivity contribution in [2.24, 2.45) is 0 Å². The molecule has 2 rings (SSSR count). The summed E-state index contributed by atoms with van der Waals surface area (Å²) < 4.78 is 4.97. The summed E-state index contributed by atoms with van der Waals surface area (Å²) in [4.78, 5) is 12.8. The van der Waals surface area contributed by atoms with E-state index in [4.69, 9.17) is 16.3 Å². The van der Waals surface area contributed by atoms with Gasteiger partial charge in [0, 0.05) is 9.92 Å². The highest BCUT2D eigenvalue weighted by atomic mass is 35.5. The minimum atomic E-state index is -0.257. The summed E-state index contributed by atoms with van der Waals surface area (Å²) in [5.41, 5.74) is 1.85. The highest BCUT2D eigenvalue weighted by Crippen LogP contribution is 2.21. The Labute approximate surface area is 140 Å². The van der Waals surface area contributed by atoms with Gasteiger partial charge < -0.3 is 4.74 Å². The molecule has 0 amide bonds. The van der Waals surface area contributed by atoms with Crippen molar-refractivity contribution in [2.45, 2.75) is 24.7 Å². The van der Waals surface area contributed by atoms with Crippen molar-refractivity contribution >= 4 is 29.3 Å². The summed E-state index contributed by atoms with van der Waals surface area (Å²) in [6, 6.07) is 15.6. The molecule has 0 aromatic heterocycles. The van der Waals surface area contributed by atoms with Gasteiger partial charge in [-0.2, -0.15) is 0 Å². The summed E-state index contributed by atoms with van der Waals surface area (Å²) in [5, 5.41) is 0.769. The second-order valence-electron chi connectivity index (χ2n) is 4.82. The Kier molecular flexibility index (Phi) is 6.81. The van der Waals surface area contributed by atoms with E-state index in [2.05, 4.69) is 0 Å². The Hall–Kier alpha value is -1.45. The number of aryl methyl sites for hydroxylation is 1. The number of ether oxygens (including phenoxy) is 1. The summed E-state index contributed by atoms with van der Waals surface area (Å²) in [6.45, 7) is 2.22. The molecular weight excluding hydrogens is 316 g/mol. The van der Waals surface area contributed by atoms with Crippen LogP contribution in [0.25, 0.3) is 0 Å². The molecule has 0 saturated heterocycles. The molecule has 0 aliphatic carbocycles. The van der Waals surface area contributed by atoms with Gasteiger partial charge in [0.15, 0.2) is 0 Å². The van der Waals surface area contributed by atoms with E-state index >= 15 is 0 Å². The molecule has 0 atom stereocenters. The molecular formula is C18H19ClO2S. The SMILES string of the molecule is CCOC(=O)c1ccc(CCCSc2ccc(Cl)cc2)cc1. The Balaban J connectivity index is 1.75. The van der Waals surface area contributed by atoms with Crippen molar-refractivity contribution in [3.8, 4) is 0 Å². The van der Waals surface area contributed by atoms with Crippen LogP contribution in [0.3, 0.4) is 0 Å². The smallest absolute Gasteiger partial charge is 0.338 e. The van der Waals surface area contributed by atoms with E-state index in [0.29, 0.717) is 12.2 Å². The van der Waals surface area contributed by atoms with Crippen LogP contribution in [-0.4, -0.2) is 18.3 Å². The van der Waals surface area contributed by atoms with Crippen molar-refractivity contribution < 1.29 is 9.53 Å². The van der Waals surface area contributed by atoms with Crippen molar-refractivity contribution in [3.05, 3.63) is 64.7 Å². The second kappa shape index (κ2) is 8.86. The lowest BCUT2D eigenvalue weighted by molar-refractivity contribution is 0.0526. The number of carbonyl (C=O) groups excluding carboxylic acids is 1. The third-order valence-electron chi connectivity index (χ3n) is 3.16. The first-order valence-electron chi connectivity index (χ1n) is 7.33. The average Bonchev–Trinajstić information content (AvgIpc) is 2.54. The number of hydrogen-bond acceptors (Lipinski definition) is 3. The topological polar surface area (TPSA) is 26.3 Å². The molecule has 0 spiro atoms. The number of thioether (sulfide) groups is 1. The number of hydrogen-bond donors (Lipinski definition) is 0.